The molecule has 2 nitrogen and oxygen atoms in total. The molecular weight excluding hydrogens is 653 g/mol. The van der Waals surface area contributed by atoms with Gasteiger partial charge < -0.3 is 9.80 Å². The number of unbranched alkanes of at least 4 members (excludes halogenated alkanes) is 40. The molecule has 1 rings (SSSR count). The van der Waals surface area contributed by atoms with Crippen LogP contribution in [0.2, 0.25) is 0 Å². The molecule has 1 aliphatic heterocycles. The van der Waals surface area contributed by atoms with Gasteiger partial charge in [0.25, 0.3) is 0 Å². The lowest BCUT2D eigenvalue weighted by Gasteiger charge is -2.33. The van der Waals surface area contributed by atoms with E-state index in [0.29, 0.717) is 6.17 Å². The third-order valence-electron chi connectivity index (χ3n) is 12.8. The third-order valence-corrected chi connectivity index (χ3v) is 12.8. The summed E-state index contributed by atoms with van der Waals surface area (Å²) in [7, 11) is 0. The van der Waals surface area contributed by atoms with Crippen LogP contribution in [-0.4, -0.2) is 29.1 Å². The molecule has 0 atom stereocenters. The van der Waals surface area contributed by atoms with E-state index in [1.807, 2.05) is 0 Å². The van der Waals surface area contributed by atoms with Gasteiger partial charge in [-0.25, -0.2) is 0 Å². The lowest BCUT2D eigenvalue weighted by Crippen LogP contribution is -2.39. The standard InChI is InChI=1S/C52H104N2/c1-4-7-10-13-16-19-22-25-27-30-33-36-39-42-45-48-53-50-51-54(49-46-43-40-37-34-31-28-26-23-20-17-14-11-8-5-2)52(53)47-44-41-38-35-32-29-24-21-18-15-12-9-6-3/h50-52H,4-49H2,1-3H3. The minimum atomic E-state index is 0.635. The molecule has 0 radical (unpaired) electrons. The van der Waals surface area contributed by atoms with Crippen LogP contribution in [0.5, 0.6) is 0 Å². The van der Waals surface area contributed by atoms with E-state index in [1.165, 1.54) is 296 Å². The highest BCUT2D eigenvalue weighted by Gasteiger charge is 2.25. The summed E-state index contributed by atoms with van der Waals surface area (Å²) in [5.41, 5.74) is 0. The first-order valence-electron chi connectivity index (χ1n) is 26.0. The number of rotatable bonds is 46. The minimum absolute atomic E-state index is 0.635. The zero-order chi connectivity index (χ0) is 38.7. The van der Waals surface area contributed by atoms with Gasteiger partial charge in [0.05, 0.1) is 0 Å². The summed E-state index contributed by atoms with van der Waals surface area (Å²) in [6.45, 7) is 9.50. The van der Waals surface area contributed by atoms with E-state index in [1.54, 1.807) is 0 Å². The van der Waals surface area contributed by atoms with Crippen molar-refractivity contribution in [3.63, 3.8) is 0 Å². The molecule has 54 heavy (non-hydrogen) atoms. The van der Waals surface area contributed by atoms with E-state index in [4.69, 9.17) is 0 Å². The Morgan fingerprint density at radius 3 is 0.648 bits per heavy atom. The normalized spacial score (nSPS) is 13.3. The summed E-state index contributed by atoms with van der Waals surface area (Å²) in [5, 5.41) is 0. The second-order valence-corrected chi connectivity index (χ2v) is 18.2. The summed E-state index contributed by atoms with van der Waals surface area (Å²) in [4.78, 5) is 5.49. The summed E-state index contributed by atoms with van der Waals surface area (Å²) >= 11 is 0. The molecule has 0 fully saturated rings. The highest BCUT2D eigenvalue weighted by molar-refractivity contribution is 4.97. The molecule has 0 N–H and O–H groups in total. The summed E-state index contributed by atoms with van der Waals surface area (Å²) in [6.07, 6.45) is 69.3. The fraction of sp³-hybridized carbons (Fsp3) is 0.962. The predicted molar refractivity (Wildman–Crippen MR) is 247 cm³/mol. The van der Waals surface area contributed by atoms with Gasteiger partial charge in [-0.2, -0.15) is 0 Å². The van der Waals surface area contributed by atoms with Gasteiger partial charge in [0.1, 0.15) is 6.17 Å². The summed E-state index contributed by atoms with van der Waals surface area (Å²) in [5.74, 6) is 0. The van der Waals surface area contributed by atoms with Crippen molar-refractivity contribution in [2.75, 3.05) is 13.1 Å². The number of hydrogen-bond donors (Lipinski definition) is 0. The molecule has 1 heterocycles. The molecule has 0 amide bonds. The predicted octanol–water partition coefficient (Wildman–Crippen LogP) is 18.6. The molecule has 0 spiro atoms. The molecule has 0 aromatic carbocycles. The van der Waals surface area contributed by atoms with Crippen molar-refractivity contribution in [3.05, 3.63) is 12.4 Å². The molecule has 0 aromatic rings. The molecule has 2 heteroatoms. The molecule has 0 bridgehead atoms. The third kappa shape index (κ3) is 34.6. The summed E-state index contributed by atoms with van der Waals surface area (Å²) in [6, 6.07) is 0. The molecule has 322 valence electrons. The van der Waals surface area contributed by atoms with Gasteiger partial charge in [-0.15, -0.1) is 0 Å². The molecular formula is C52H104N2. The molecule has 1 aliphatic rings. The maximum Gasteiger partial charge on any atom is 0.101 e. The largest absolute Gasteiger partial charge is 0.356 e. The van der Waals surface area contributed by atoms with Gasteiger partial charge in [0.15, 0.2) is 0 Å². The van der Waals surface area contributed by atoms with Gasteiger partial charge in [0.2, 0.25) is 0 Å². The molecule has 0 saturated carbocycles. The maximum atomic E-state index is 2.74. The van der Waals surface area contributed by atoms with Crippen LogP contribution < -0.4 is 0 Å². The van der Waals surface area contributed by atoms with E-state index in [9.17, 15) is 0 Å². The van der Waals surface area contributed by atoms with Crippen molar-refractivity contribution >= 4 is 0 Å². The van der Waals surface area contributed by atoms with Gasteiger partial charge in [-0.3, -0.25) is 0 Å². The van der Waals surface area contributed by atoms with Gasteiger partial charge in [0, 0.05) is 25.5 Å². The smallest absolute Gasteiger partial charge is 0.101 e. The fourth-order valence-corrected chi connectivity index (χ4v) is 9.02. The maximum absolute atomic E-state index is 2.74. The Morgan fingerprint density at radius 1 is 0.241 bits per heavy atom. The van der Waals surface area contributed by atoms with E-state index < -0.39 is 0 Å². The zero-order valence-electron chi connectivity index (χ0n) is 38.2. The van der Waals surface area contributed by atoms with Crippen molar-refractivity contribution in [1.29, 1.82) is 0 Å². The van der Waals surface area contributed by atoms with Gasteiger partial charge in [-0.1, -0.05) is 278 Å². The SMILES string of the molecule is CCCCCCCCCCCCCCCCCN1C=CN(CCCCCCCCCCCCCCCCC)C1CCCCCCCCCCCCCCC. The summed E-state index contributed by atoms with van der Waals surface area (Å²) < 4.78 is 0. The van der Waals surface area contributed by atoms with Gasteiger partial charge >= 0.3 is 0 Å². The Morgan fingerprint density at radius 2 is 0.426 bits per heavy atom. The van der Waals surface area contributed by atoms with Crippen molar-refractivity contribution in [3.8, 4) is 0 Å². The highest BCUT2D eigenvalue weighted by Crippen LogP contribution is 2.24. The van der Waals surface area contributed by atoms with Crippen molar-refractivity contribution in [1.82, 2.24) is 9.80 Å². The van der Waals surface area contributed by atoms with E-state index >= 15 is 0 Å². The number of nitrogens with zero attached hydrogens (tertiary/aromatic N) is 2. The average Bonchev–Trinajstić information content (AvgIpc) is 3.57. The van der Waals surface area contributed by atoms with Crippen molar-refractivity contribution < 1.29 is 0 Å². The first-order valence-corrected chi connectivity index (χ1v) is 26.0. The van der Waals surface area contributed by atoms with Crippen LogP contribution in [0.25, 0.3) is 0 Å². The quantitative estimate of drug-likeness (QED) is 0.0571. The molecule has 0 aliphatic carbocycles. The lowest BCUT2D eigenvalue weighted by atomic mass is 10.0. The Hall–Kier alpha value is -0.660. The van der Waals surface area contributed by atoms with Crippen LogP contribution >= 0.6 is 0 Å². The van der Waals surface area contributed by atoms with Crippen LogP contribution in [0.15, 0.2) is 12.4 Å². The van der Waals surface area contributed by atoms with Gasteiger partial charge in [-0.05, 0) is 25.7 Å². The monoisotopic (exact) mass is 757 g/mol. The van der Waals surface area contributed by atoms with E-state index in [0.717, 1.165) is 0 Å². The second kappa shape index (κ2) is 43.5. The fourth-order valence-electron chi connectivity index (χ4n) is 9.02. The van der Waals surface area contributed by atoms with Crippen LogP contribution in [0.3, 0.4) is 0 Å². The first kappa shape index (κ1) is 51.4. The zero-order valence-corrected chi connectivity index (χ0v) is 38.2. The highest BCUT2D eigenvalue weighted by atomic mass is 15.4. The lowest BCUT2D eigenvalue weighted by molar-refractivity contribution is 0.135. The molecule has 0 saturated heterocycles. The first-order chi connectivity index (χ1) is 26.8. The Bertz CT molecular complexity index is 673. The second-order valence-electron chi connectivity index (χ2n) is 18.2. The van der Waals surface area contributed by atoms with Crippen molar-refractivity contribution in [2.24, 2.45) is 0 Å². The van der Waals surface area contributed by atoms with Crippen LogP contribution in [-0.2, 0) is 0 Å². The molecule has 0 unspecified atom stereocenters. The topological polar surface area (TPSA) is 6.48 Å². The van der Waals surface area contributed by atoms with Crippen LogP contribution in [0.4, 0.5) is 0 Å². The van der Waals surface area contributed by atoms with Crippen LogP contribution in [0.1, 0.15) is 303 Å². The Labute approximate surface area is 343 Å². The van der Waals surface area contributed by atoms with E-state index in [-0.39, 0.29) is 0 Å². The number of hydrogen-bond acceptors (Lipinski definition) is 2. The van der Waals surface area contributed by atoms with Crippen LogP contribution in [0, 0.1) is 0 Å². The Balaban J connectivity index is 2.19. The van der Waals surface area contributed by atoms with E-state index in [2.05, 4.69) is 43.0 Å². The van der Waals surface area contributed by atoms with Crippen molar-refractivity contribution in [2.45, 2.75) is 309 Å². The Kier molecular flexibility index (Phi) is 41.3. The molecule has 0 aromatic heterocycles. The minimum Gasteiger partial charge on any atom is -0.356 e. The average molecular weight is 757 g/mol.